The molecule has 3 rings (SSSR count). The van der Waals surface area contributed by atoms with Gasteiger partial charge in [-0.15, -0.1) is 0 Å². The Balaban J connectivity index is 1.54. The van der Waals surface area contributed by atoms with Gasteiger partial charge in [0.1, 0.15) is 0 Å². The van der Waals surface area contributed by atoms with Crippen LogP contribution in [0.1, 0.15) is 23.6 Å². The van der Waals surface area contributed by atoms with E-state index in [9.17, 15) is 0 Å². The molecular formula is C20H25N3. The summed E-state index contributed by atoms with van der Waals surface area (Å²) in [6.07, 6.45) is 3.05. The molecule has 0 saturated carbocycles. The average molecular weight is 307 g/mol. The van der Waals surface area contributed by atoms with Crippen LogP contribution in [0.5, 0.6) is 0 Å². The molecule has 1 saturated heterocycles. The van der Waals surface area contributed by atoms with Gasteiger partial charge in [0.25, 0.3) is 0 Å². The van der Waals surface area contributed by atoms with Crippen LogP contribution < -0.4 is 4.90 Å². The maximum Gasteiger partial charge on any atom is 0.0542 e. The minimum Gasteiger partial charge on any atom is -0.368 e. The zero-order valence-electron chi connectivity index (χ0n) is 14.1. The molecule has 3 nitrogen and oxygen atoms in total. The lowest BCUT2D eigenvalue weighted by atomic mass is 10.1. The number of hydrogen-bond acceptors (Lipinski definition) is 3. The van der Waals surface area contributed by atoms with E-state index in [0.717, 1.165) is 32.6 Å². The molecular weight excluding hydrogens is 282 g/mol. The van der Waals surface area contributed by atoms with E-state index in [2.05, 4.69) is 77.4 Å². The zero-order valence-corrected chi connectivity index (χ0v) is 14.1. The normalized spacial score (nSPS) is 15.4. The van der Waals surface area contributed by atoms with Gasteiger partial charge in [-0.25, -0.2) is 0 Å². The molecule has 1 fully saturated rings. The number of rotatable bonds is 4. The Morgan fingerprint density at radius 1 is 0.913 bits per heavy atom. The van der Waals surface area contributed by atoms with Crippen LogP contribution in [0.15, 0.2) is 53.6 Å². The summed E-state index contributed by atoms with van der Waals surface area (Å²) in [6.45, 7) is 8.29. The van der Waals surface area contributed by atoms with Gasteiger partial charge in [-0.1, -0.05) is 48.9 Å². The summed E-state index contributed by atoms with van der Waals surface area (Å²) >= 11 is 0. The molecule has 0 spiro atoms. The number of hydrazone groups is 1. The molecule has 2 aromatic carbocycles. The Hall–Kier alpha value is -2.29. The van der Waals surface area contributed by atoms with Crippen molar-refractivity contribution in [3.8, 4) is 0 Å². The molecule has 0 bridgehead atoms. The third-order valence-corrected chi connectivity index (χ3v) is 4.41. The van der Waals surface area contributed by atoms with E-state index in [1.807, 2.05) is 6.21 Å². The maximum atomic E-state index is 4.63. The second-order valence-electron chi connectivity index (χ2n) is 6.12. The van der Waals surface area contributed by atoms with Gasteiger partial charge in [0.2, 0.25) is 0 Å². The van der Waals surface area contributed by atoms with Crippen LogP contribution in [0.2, 0.25) is 0 Å². The van der Waals surface area contributed by atoms with E-state index in [1.54, 1.807) is 0 Å². The maximum absolute atomic E-state index is 4.63. The lowest BCUT2D eigenvalue weighted by molar-refractivity contribution is 0.272. The first-order valence-corrected chi connectivity index (χ1v) is 8.44. The summed E-state index contributed by atoms with van der Waals surface area (Å²) in [6, 6.07) is 17.4. The van der Waals surface area contributed by atoms with Crippen LogP contribution >= 0.6 is 0 Å². The molecule has 3 heteroatoms. The van der Waals surface area contributed by atoms with Gasteiger partial charge < -0.3 is 4.90 Å². The lowest BCUT2D eigenvalue weighted by Crippen LogP contribution is -2.44. The third-order valence-electron chi connectivity index (χ3n) is 4.41. The SMILES string of the molecule is CCc1ccc(C=NN2CCN(c3ccc(C)cc3)CC2)cc1. The van der Waals surface area contributed by atoms with Crippen LogP contribution in [-0.4, -0.2) is 37.4 Å². The topological polar surface area (TPSA) is 18.8 Å². The first-order chi connectivity index (χ1) is 11.2. The fourth-order valence-electron chi connectivity index (χ4n) is 2.81. The van der Waals surface area contributed by atoms with E-state index in [0.29, 0.717) is 0 Å². The summed E-state index contributed by atoms with van der Waals surface area (Å²) in [5.41, 5.74) is 5.16. The average Bonchev–Trinajstić information content (AvgIpc) is 2.61. The van der Waals surface area contributed by atoms with E-state index in [4.69, 9.17) is 0 Å². The van der Waals surface area contributed by atoms with Crippen molar-refractivity contribution in [2.75, 3.05) is 31.1 Å². The fourth-order valence-corrected chi connectivity index (χ4v) is 2.81. The van der Waals surface area contributed by atoms with Crippen LogP contribution in [0.25, 0.3) is 0 Å². The summed E-state index contributed by atoms with van der Waals surface area (Å²) in [5.74, 6) is 0. The van der Waals surface area contributed by atoms with Gasteiger partial charge in [-0.3, -0.25) is 5.01 Å². The molecule has 23 heavy (non-hydrogen) atoms. The highest BCUT2D eigenvalue weighted by molar-refractivity contribution is 5.79. The molecule has 0 atom stereocenters. The number of hydrogen-bond donors (Lipinski definition) is 0. The van der Waals surface area contributed by atoms with Gasteiger partial charge in [-0.2, -0.15) is 5.10 Å². The van der Waals surface area contributed by atoms with E-state index in [1.165, 1.54) is 22.4 Å². The third kappa shape index (κ3) is 4.13. The molecule has 0 unspecified atom stereocenters. The zero-order chi connectivity index (χ0) is 16.1. The van der Waals surface area contributed by atoms with Crippen LogP contribution in [0, 0.1) is 6.92 Å². The number of nitrogens with zero attached hydrogens (tertiary/aromatic N) is 3. The smallest absolute Gasteiger partial charge is 0.0542 e. The van der Waals surface area contributed by atoms with E-state index in [-0.39, 0.29) is 0 Å². The van der Waals surface area contributed by atoms with Crippen molar-refractivity contribution in [1.29, 1.82) is 0 Å². The van der Waals surface area contributed by atoms with Crippen molar-refractivity contribution in [3.63, 3.8) is 0 Å². The monoisotopic (exact) mass is 307 g/mol. The van der Waals surface area contributed by atoms with Crippen LogP contribution in [0.4, 0.5) is 5.69 Å². The lowest BCUT2D eigenvalue weighted by Gasteiger charge is -2.34. The highest BCUT2D eigenvalue weighted by Gasteiger charge is 2.15. The van der Waals surface area contributed by atoms with Gasteiger partial charge in [0, 0.05) is 18.8 Å². The molecule has 1 aliphatic heterocycles. The molecule has 0 radical (unpaired) electrons. The molecule has 0 aliphatic carbocycles. The van der Waals surface area contributed by atoms with Crippen molar-refractivity contribution < 1.29 is 0 Å². The Morgan fingerprint density at radius 2 is 1.57 bits per heavy atom. The van der Waals surface area contributed by atoms with Crippen molar-refractivity contribution in [2.45, 2.75) is 20.3 Å². The van der Waals surface area contributed by atoms with Gasteiger partial charge in [-0.05, 0) is 36.6 Å². The number of anilines is 1. The number of aryl methyl sites for hydroxylation is 2. The van der Waals surface area contributed by atoms with Crippen molar-refractivity contribution in [1.82, 2.24) is 5.01 Å². The molecule has 2 aromatic rings. The van der Waals surface area contributed by atoms with Crippen molar-refractivity contribution in [2.24, 2.45) is 5.10 Å². The van der Waals surface area contributed by atoms with Gasteiger partial charge in [0.15, 0.2) is 0 Å². The first-order valence-electron chi connectivity index (χ1n) is 8.44. The minimum absolute atomic E-state index is 0.970. The number of benzene rings is 2. The van der Waals surface area contributed by atoms with E-state index >= 15 is 0 Å². The Labute approximate surface area is 139 Å². The quantitative estimate of drug-likeness (QED) is 0.802. The molecule has 0 N–H and O–H groups in total. The van der Waals surface area contributed by atoms with Crippen LogP contribution in [0.3, 0.4) is 0 Å². The molecule has 120 valence electrons. The fraction of sp³-hybridized carbons (Fsp3) is 0.350. The highest BCUT2D eigenvalue weighted by Crippen LogP contribution is 2.17. The molecule has 1 heterocycles. The molecule has 1 aliphatic rings. The van der Waals surface area contributed by atoms with Crippen molar-refractivity contribution >= 4 is 11.9 Å². The van der Waals surface area contributed by atoms with Gasteiger partial charge in [0.05, 0.1) is 19.3 Å². The summed E-state index contributed by atoms with van der Waals surface area (Å²) in [7, 11) is 0. The Bertz CT molecular complexity index is 636. The second kappa shape index (κ2) is 7.32. The van der Waals surface area contributed by atoms with Crippen molar-refractivity contribution in [3.05, 3.63) is 65.2 Å². The number of piperazine rings is 1. The Morgan fingerprint density at radius 3 is 2.17 bits per heavy atom. The molecule has 0 amide bonds. The standard InChI is InChI=1S/C20H25N3/c1-3-18-6-8-19(9-7-18)16-21-23-14-12-22(13-15-23)20-10-4-17(2)5-11-20/h4-11,16H,3,12-15H2,1-2H3. The highest BCUT2D eigenvalue weighted by atomic mass is 15.5. The predicted octanol–water partition coefficient (Wildman–Crippen LogP) is 3.71. The summed E-state index contributed by atoms with van der Waals surface area (Å²) in [4.78, 5) is 2.43. The summed E-state index contributed by atoms with van der Waals surface area (Å²) in [5, 5.41) is 6.80. The van der Waals surface area contributed by atoms with Gasteiger partial charge >= 0.3 is 0 Å². The predicted molar refractivity (Wildman–Crippen MR) is 98.4 cm³/mol. The van der Waals surface area contributed by atoms with E-state index < -0.39 is 0 Å². The first kappa shape index (κ1) is 15.6. The molecule has 0 aromatic heterocycles. The Kier molecular flexibility index (Phi) is 4.96. The van der Waals surface area contributed by atoms with Crippen LogP contribution in [-0.2, 0) is 6.42 Å². The second-order valence-corrected chi connectivity index (χ2v) is 6.12. The minimum atomic E-state index is 0.970. The largest absolute Gasteiger partial charge is 0.368 e. The summed E-state index contributed by atoms with van der Waals surface area (Å²) < 4.78 is 0.